The van der Waals surface area contributed by atoms with E-state index in [-0.39, 0.29) is 29.3 Å². The minimum atomic E-state index is -2.82. The van der Waals surface area contributed by atoms with Crippen molar-refractivity contribution >= 4 is 15.7 Å². The van der Waals surface area contributed by atoms with Crippen LogP contribution in [0.25, 0.3) is 0 Å². The lowest BCUT2D eigenvalue weighted by Gasteiger charge is -2.13. The third-order valence-electron chi connectivity index (χ3n) is 4.35. The van der Waals surface area contributed by atoms with Crippen molar-refractivity contribution in [2.75, 3.05) is 18.1 Å². The first-order valence-corrected chi connectivity index (χ1v) is 9.91. The number of hydrogen-bond acceptors (Lipinski definition) is 3. The normalized spacial score (nSPS) is 21.0. The smallest absolute Gasteiger partial charge is 0.223 e. The van der Waals surface area contributed by atoms with E-state index in [2.05, 4.69) is 5.32 Å². The molecule has 2 rings (SSSR count). The fraction of sp³-hybridized carbons (Fsp3) is 0.588. The van der Waals surface area contributed by atoms with Crippen LogP contribution in [-0.2, 0) is 21.1 Å². The van der Waals surface area contributed by atoms with Crippen LogP contribution in [0.2, 0.25) is 0 Å². The van der Waals surface area contributed by atoms with Crippen molar-refractivity contribution in [1.82, 2.24) is 5.32 Å². The number of benzene rings is 1. The van der Waals surface area contributed by atoms with Crippen molar-refractivity contribution in [1.29, 1.82) is 0 Å². The molecule has 1 saturated heterocycles. The quantitative estimate of drug-likeness (QED) is 0.774. The topological polar surface area (TPSA) is 63.2 Å². The van der Waals surface area contributed by atoms with Crippen LogP contribution in [0.1, 0.15) is 31.7 Å². The Morgan fingerprint density at radius 3 is 2.78 bits per heavy atom. The maximum absolute atomic E-state index is 13.6. The molecule has 1 N–H and O–H groups in total. The average Bonchev–Trinajstić information content (AvgIpc) is 2.85. The molecule has 1 aromatic rings. The Morgan fingerprint density at radius 2 is 2.13 bits per heavy atom. The van der Waals surface area contributed by atoms with Crippen LogP contribution in [0, 0.1) is 17.7 Å². The van der Waals surface area contributed by atoms with Crippen LogP contribution in [0.5, 0.6) is 0 Å². The van der Waals surface area contributed by atoms with Gasteiger partial charge in [0.25, 0.3) is 0 Å². The van der Waals surface area contributed by atoms with E-state index in [9.17, 15) is 17.6 Å². The molecular formula is C17H24FNO3S. The second-order valence-electron chi connectivity index (χ2n) is 6.40. The Hall–Kier alpha value is -1.43. The van der Waals surface area contributed by atoms with Crippen molar-refractivity contribution in [3.63, 3.8) is 0 Å². The number of carbonyl (C=O) groups excluding carboxylic acids is 1. The van der Waals surface area contributed by atoms with E-state index in [1.807, 2.05) is 0 Å². The number of nitrogens with one attached hydrogen (secondary N) is 1. The van der Waals surface area contributed by atoms with Gasteiger partial charge in [0.1, 0.15) is 5.82 Å². The predicted molar refractivity (Wildman–Crippen MR) is 88.3 cm³/mol. The average molecular weight is 341 g/mol. The van der Waals surface area contributed by atoms with Gasteiger partial charge in [-0.05, 0) is 43.2 Å². The first-order chi connectivity index (χ1) is 10.9. The van der Waals surface area contributed by atoms with Gasteiger partial charge in [0.2, 0.25) is 5.91 Å². The Balaban J connectivity index is 1.67. The fourth-order valence-electron chi connectivity index (χ4n) is 2.96. The molecule has 4 nitrogen and oxygen atoms in total. The van der Waals surface area contributed by atoms with Crippen LogP contribution in [0.4, 0.5) is 4.39 Å². The summed E-state index contributed by atoms with van der Waals surface area (Å²) in [7, 11) is -2.82. The second-order valence-corrected chi connectivity index (χ2v) is 8.63. The van der Waals surface area contributed by atoms with Crippen LogP contribution < -0.4 is 5.32 Å². The van der Waals surface area contributed by atoms with E-state index in [1.165, 1.54) is 6.07 Å². The standard InChI is InChI=1S/C17H24FNO3S/c1-13(11-15-6-2-3-7-16(15)18)17(20)19-9-4-5-14-8-10-23(21,22)12-14/h2-3,6-7,13-14H,4-5,8-12H2,1H3,(H,19,20). The number of amides is 1. The molecule has 1 aliphatic heterocycles. The van der Waals surface area contributed by atoms with E-state index in [0.717, 1.165) is 19.3 Å². The minimum absolute atomic E-state index is 0.0905. The lowest BCUT2D eigenvalue weighted by Crippen LogP contribution is -2.31. The maximum Gasteiger partial charge on any atom is 0.223 e. The summed E-state index contributed by atoms with van der Waals surface area (Å²) in [4.78, 5) is 12.0. The fourth-order valence-corrected chi connectivity index (χ4v) is 4.87. The van der Waals surface area contributed by atoms with Crippen LogP contribution in [-0.4, -0.2) is 32.4 Å². The third-order valence-corrected chi connectivity index (χ3v) is 6.18. The lowest BCUT2D eigenvalue weighted by atomic mass is 9.99. The van der Waals surface area contributed by atoms with Gasteiger partial charge in [-0.2, -0.15) is 0 Å². The Morgan fingerprint density at radius 1 is 1.39 bits per heavy atom. The number of halogens is 1. The van der Waals surface area contributed by atoms with Gasteiger partial charge < -0.3 is 5.32 Å². The molecule has 1 aliphatic rings. The predicted octanol–water partition coefficient (Wildman–Crippen LogP) is 2.34. The Labute approximate surface area is 137 Å². The summed E-state index contributed by atoms with van der Waals surface area (Å²) in [6.45, 7) is 2.32. The zero-order valence-electron chi connectivity index (χ0n) is 13.4. The van der Waals surface area contributed by atoms with Crippen molar-refractivity contribution in [3.05, 3.63) is 35.6 Å². The molecule has 2 unspecified atom stereocenters. The van der Waals surface area contributed by atoms with E-state index in [0.29, 0.717) is 24.3 Å². The molecule has 23 heavy (non-hydrogen) atoms. The summed E-state index contributed by atoms with van der Waals surface area (Å²) in [6, 6.07) is 6.49. The van der Waals surface area contributed by atoms with Gasteiger partial charge >= 0.3 is 0 Å². The molecule has 1 heterocycles. The summed E-state index contributed by atoms with van der Waals surface area (Å²) in [6.07, 6.45) is 2.71. The molecule has 1 amide bonds. The monoisotopic (exact) mass is 341 g/mol. The second kappa shape index (κ2) is 7.90. The van der Waals surface area contributed by atoms with Crippen molar-refractivity contribution in [3.8, 4) is 0 Å². The molecule has 0 aromatic heterocycles. The van der Waals surface area contributed by atoms with Crippen LogP contribution in [0.15, 0.2) is 24.3 Å². The number of hydrogen-bond donors (Lipinski definition) is 1. The summed E-state index contributed by atoms with van der Waals surface area (Å²) in [5.74, 6) is 0.141. The minimum Gasteiger partial charge on any atom is -0.356 e. The van der Waals surface area contributed by atoms with E-state index in [1.54, 1.807) is 25.1 Å². The zero-order chi connectivity index (χ0) is 16.9. The summed E-state index contributed by atoms with van der Waals surface area (Å²) >= 11 is 0. The van der Waals surface area contributed by atoms with Gasteiger partial charge in [-0.15, -0.1) is 0 Å². The molecule has 6 heteroatoms. The van der Waals surface area contributed by atoms with Crippen molar-refractivity contribution in [2.24, 2.45) is 11.8 Å². The molecule has 2 atom stereocenters. The largest absolute Gasteiger partial charge is 0.356 e. The van der Waals surface area contributed by atoms with Crippen LogP contribution >= 0.6 is 0 Å². The summed E-state index contributed by atoms with van der Waals surface area (Å²) < 4.78 is 36.3. The summed E-state index contributed by atoms with van der Waals surface area (Å²) in [5, 5.41) is 2.86. The molecule has 0 bridgehead atoms. The van der Waals surface area contributed by atoms with Gasteiger partial charge in [0.05, 0.1) is 11.5 Å². The molecule has 1 fully saturated rings. The Bertz CT molecular complexity index is 645. The molecule has 1 aromatic carbocycles. The number of sulfone groups is 1. The highest BCUT2D eigenvalue weighted by Crippen LogP contribution is 2.22. The molecule has 128 valence electrons. The van der Waals surface area contributed by atoms with E-state index in [4.69, 9.17) is 0 Å². The molecule has 0 spiro atoms. The van der Waals surface area contributed by atoms with Gasteiger partial charge in [-0.1, -0.05) is 25.1 Å². The van der Waals surface area contributed by atoms with Crippen LogP contribution in [0.3, 0.4) is 0 Å². The van der Waals surface area contributed by atoms with Gasteiger partial charge in [-0.25, -0.2) is 12.8 Å². The first kappa shape index (κ1) is 17.9. The molecule has 0 aliphatic carbocycles. The highest BCUT2D eigenvalue weighted by atomic mass is 32.2. The summed E-state index contributed by atoms with van der Waals surface area (Å²) in [5.41, 5.74) is 0.548. The first-order valence-electron chi connectivity index (χ1n) is 8.09. The highest BCUT2D eigenvalue weighted by Gasteiger charge is 2.27. The van der Waals surface area contributed by atoms with Gasteiger partial charge in [0, 0.05) is 12.5 Å². The SMILES string of the molecule is CC(Cc1ccccc1F)C(=O)NCCCC1CCS(=O)(=O)C1. The number of carbonyl (C=O) groups is 1. The van der Waals surface area contributed by atoms with Gasteiger partial charge in [0.15, 0.2) is 9.84 Å². The lowest BCUT2D eigenvalue weighted by molar-refractivity contribution is -0.124. The maximum atomic E-state index is 13.6. The third kappa shape index (κ3) is 5.61. The van der Waals surface area contributed by atoms with E-state index < -0.39 is 9.84 Å². The molecule has 0 radical (unpaired) electrons. The van der Waals surface area contributed by atoms with Crippen molar-refractivity contribution in [2.45, 2.75) is 32.6 Å². The van der Waals surface area contributed by atoms with E-state index >= 15 is 0 Å². The number of rotatable bonds is 7. The van der Waals surface area contributed by atoms with Crippen molar-refractivity contribution < 1.29 is 17.6 Å². The molecular weight excluding hydrogens is 317 g/mol. The Kier molecular flexibility index (Phi) is 6.16. The highest BCUT2D eigenvalue weighted by molar-refractivity contribution is 7.91. The zero-order valence-corrected chi connectivity index (χ0v) is 14.2. The molecule has 0 saturated carbocycles. The van der Waals surface area contributed by atoms with Gasteiger partial charge in [-0.3, -0.25) is 4.79 Å².